The third-order valence-electron chi connectivity index (χ3n) is 2.40. The zero-order chi connectivity index (χ0) is 13.8. The first-order valence-corrected chi connectivity index (χ1v) is 7.20. The van der Waals surface area contributed by atoms with Crippen LogP contribution in [0.15, 0.2) is 17.6 Å². The quantitative estimate of drug-likeness (QED) is 0.548. The van der Waals surface area contributed by atoms with Crippen molar-refractivity contribution >= 4 is 15.9 Å². The summed E-state index contributed by atoms with van der Waals surface area (Å²) in [5.41, 5.74) is 5.28. The number of aromatic nitrogens is 2. The second-order valence-electron chi connectivity index (χ2n) is 3.91. The number of nitrogens with two attached hydrogens (primary N) is 1. The highest BCUT2D eigenvalue weighted by molar-refractivity contribution is 7.89. The highest BCUT2D eigenvalue weighted by Crippen LogP contribution is 2.13. The van der Waals surface area contributed by atoms with Crippen molar-refractivity contribution in [3.63, 3.8) is 0 Å². The SMILES string of the molecule is CCCN(CC(=N)N)S(=O)(=O)c1cn(CC)cn1. The second-order valence-corrected chi connectivity index (χ2v) is 5.79. The molecule has 0 fully saturated rings. The Morgan fingerprint density at radius 2 is 2.22 bits per heavy atom. The molecule has 8 heteroatoms. The Hall–Kier alpha value is -1.41. The van der Waals surface area contributed by atoms with Gasteiger partial charge in [-0.25, -0.2) is 13.4 Å². The molecule has 1 heterocycles. The molecule has 0 saturated carbocycles. The van der Waals surface area contributed by atoms with Gasteiger partial charge in [-0.3, -0.25) is 5.41 Å². The van der Waals surface area contributed by atoms with Crippen LogP contribution in [0.5, 0.6) is 0 Å². The van der Waals surface area contributed by atoms with Crippen LogP contribution in [0.4, 0.5) is 0 Å². The molecule has 0 radical (unpaired) electrons. The van der Waals surface area contributed by atoms with Gasteiger partial charge in [-0.05, 0) is 13.3 Å². The van der Waals surface area contributed by atoms with Crippen LogP contribution in [-0.4, -0.2) is 41.2 Å². The van der Waals surface area contributed by atoms with E-state index in [1.54, 1.807) is 4.57 Å². The smallest absolute Gasteiger partial charge is 0.262 e. The van der Waals surface area contributed by atoms with Gasteiger partial charge >= 0.3 is 0 Å². The molecule has 0 aliphatic carbocycles. The first kappa shape index (κ1) is 14.7. The second kappa shape index (κ2) is 5.96. The Morgan fingerprint density at radius 1 is 1.56 bits per heavy atom. The van der Waals surface area contributed by atoms with Gasteiger partial charge in [-0.15, -0.1) is 0 Å². The summed E-state index contributed by atoms with van der Waals surface area (Å²) in [6.07, 6.45) is 3.61. The van der Waals surface area contributed by atoms with Gasteiger partial charge in [-0.1, -0.05) is 6.92 Å². The molecule has 0 amide bonds. The van der Waals surface area contributed by atoms with Crippen LogP contribution < -0.4 is 5.73 Å². The van der Waals surface area contributed by atoms with E-state index in [0.717, 1.165) is 0 Å². The lowest BCUT2D eigenvalue weighted by molar-refractivity contribution is 0.445. The van der Waals surface area contributed by atoms with E-state index in [2.05, 4.69) is 4.98 Å². The molecule has 0 atom stereocenters. The molecule has 1 aromatic rings. The van der Waals surface area contributed by atoms with Crippen LogP contribution >= 0.6 is 0 Å². The fraction of sp³-hybridized carbons (Fsp3) is 0.600. The van der Waals surface area contributed by atoms with Crippen molar-refractivity contribution in [3.8, 4) is 0 Å². The van der Waals surface area contributed by atoms with Gasteiger partial charge in [0.05, 0.1) is 12.9 Å². The van der Waals surface area contributed by atoms with Crippen molar-refractivity contribution in [3.05, 3.63) is 12.5 Å². The molecule has 7 nitrogen and oxygen atoms in total. The van der Waals surface area contributed by atoms with Crippen LogP contribution in [0, 0.1) is 5.41 Å². The predicted octanol–water partition coefficient (Wildman–Crippen LogP) is 0.240. The standard InChI is InChI=1S/C10H19N5O2S/c1-3-5-15(6-9(11)12)18(16,17)10-7-14(4-2)8-13-10/h7-8H,3-6H2,1-2H3,(H3,11,12). The molecule has 102 valence electrons. The number of aryl methyl sites for hydroxylation is 1. The van der Waals surface area contributed by atoms with Crippen molar-refractivity contribution in [2.45, 2.75) is 31.8 Å². The van der Waals surface area contributed by atoms with E-state index in [1.807, 2.05) is 13.8 Å². The maximum absolute atomic E-state index is 12.3. The number of amidine groups is 1. The van der Waals surface area contributed by atoms with Gasteiger partial charge in [0.1, 0.15) is 5.84 Å². The van der Waals surface area contributed by atoms with E-state index in [9.17, 15) is 8.42 Å². The molecule has 18 heavy (non-hydrogen) atoms. The largest absolute Gasteiger partial charge is 0.387 e. The first-order valence-electron chi connectivity index (χ1n) is 5.76. The number of nitrogens with zero attached hydrogens (tertiary/aromatic N) is 3. The van der Waals surface area contributed by atoms with Crippen LogP contribution in [0.1, 0.15) is 20.3 Å². The van der Waals surface area contributed by atoms with Crippen molar-refractivity contribution in [2.24, 2.45) is 5.73 Å². The lowest BCUT2D eigenvalue weighted by Gasteiger charge is -2.19. The summed E-state index contributed by atoms with van der Waals surface area (Å²) in [5.74, 6) is -0.179. The lowest BCUT2D eigenvalue weighted by Crippen LogP contribution is -2.38. The van der Waals surface area contributed by atoms with E-state index in [4.69, 9.17) is 11.1 Å². The van der Waals surface area contributed by atoms with Gasteiger partial charge in [-0.2, -0.15) is 4.31 Å². The summed E-state index contributed by atoms with van der Waals surface area (Å²) in [6.45, 7) is 4.64. The van der Waals surface area contributed by atoms with E-state index in [0.29, 0.717) is 19.5 Å². The molecule has 0 aliphatic rings. The summed E-state index contributed by atoms with van der Waals surface area (Å²) < 4.78 is 27.4. The van der Waals surface area contributed by atoms with Crippen molar-refractivity contribution in [2.75, 3.05) is 13.1 Å². The van der Waals surface area contributed by atoms with E-state index < -0.39 is 10.0 Å². The fourth-order valence-electron chi connectivity index (χ4n) is 1.50. The highest BCUT2D eigenvalue weighted by atomic mass is 32.2. The Labute approximate surface area is 107 Å². The number of imidazole rings is 1. The Morgan fingerprint density at radius 3 is 2.67 bits per heavy atom. The Kier molecular flexibility index (Phi) is 4.85. The molecule has 1 aromatic heterocycles. The Bertz CT molecular complexity index is 508. The minimum atomic E-state index is -3.67. The van der Waals surface area contributed by atoms with E-state index in [1.165, 1.54) is 16.8 Å². The normalized spacial score (nSPS) is 11.9. The zero-order valence-corrected chi connectivity index (χ0v) is 11.4. The maximum Gasteiger partial charge on any atom is 0.262 e. The van der Waals surface area contributed by atoms with Gasteiger partial charge in [0.2, 0.25) is 0 Å². The zero-order valence-electron chi connectivity index (χ0n) is 10.6. The molecular weight excluding hydrogens is 254 g/mol. The average molecular weight is 273 g/mol. The number of hydrogen-bond acceptors (Lipinski definition) is 4. The highest BCUT2D eigenvalue weighted by Gasteiger charge is 2.26. The molecule has 0 aliphatic heterocycles. The summed E-state index contributed by atoms with van der Waals surface area (Å²) in [7, 11) is -3.67. The van der Waals surface area contributed by atoms with Crippen molar-refractivity contribution < 1.29 is 8.42 Å². The maximum atomic E-state index is 12.3. The van der Waals surface area contributed by atoms with Crippen molar-refractivity contribution in [1.29, 1.82) is 5.41 Å². The van der Waals surface area contributed by atoms with Gasteiger partial charge in [0.25, 0.3) is 10.0 Å². The topological polar surface area (TPSA) is 105 Å². The number of sulfonamides is 1. The van der Waals surface area contributed by atoms with Gasteiger partial charge < -0.3 is 10.3 Å². The molecule has 0 spiro atoms. The minimum absolute atomic E-state index is 0.000880. The summed E-state index contributed by atoms with van der Waals surface area (Å²) >= 11 is 0. The van der Waals surface area contributed by atoms with Gasteiger partial charge in [0, 0.05) is 19.3 Å². The van der Waals surface area contributed by atoms with Crippen LogP contribution in [0.3, 0.4) is 0 Å². The third kappa shape index (κ3) is 3.30. The monoisotopic (exact) mass is 273 g/mol. The molecule has 0 saturated heterocycles. The molecule has 0 unspecified atom stereocenters. The lowest BCUT2D eigenvalue weighted by atomic mass is 10.4. The van der Waals surface area contributed by atoms with Crippen LogP contribution in [-0.2, 0) is 16.6 Å². The summed E-state index contributed by atoms with van der Waals surface area (Å²) in [6, 6.07) is 0. The number of nitrogens with one attached hydrogen (secondary N) is 1. The first-order chi connectivity index (χ1) is 8.41. The van der Waals surface area contributed by atoms with Crippen LogP contribution in [0.25, 0.3) is 0 Å². The molecule has 3 N–H and O–H groups in total. The molecule has 0 aromatic carbocycles. The molecule has 0 bridgehead atoms. The third-order valence-corrected chi connectivity index (χ3v) is 4.13. The fourth-order valence-corrected chi connectivity index (χ4v) is 2.95. The molecule has 1 rings (SSSR count). The van der Waals surface area contributed by atoms with Gasteiger partial charge in [0.15, 0.2) is 5.03 Å². The Balaban J connectivity index is 3.03. The van der Waals surface area contributed by atoms with E-state index >= 15 is 0 Å². The minimum Gasteiger partial charge on any atom is -0.387 e. The van der Waals surface area contributed by atoms with Crippen LogP contribution in [0.2, 0.25) is 0 Å². The van der Waals surface area contributed by atoms with Crippen molar-refractivity contribution in [1.82, 2.24) is 13.9 Å². The average Bonchev–Trinajstić information content (AvgIpc) is 2.77. The number of hydrogen-bond donors (Lipinski definition) is 2. The predicted molar refractivity (Wildman–Crippen MR) is 68.9 cm³/mol. The van der Waals surface area contributed by atoms with E-state index in [-0.39, 0.29) is 17.4 Å². The summed E-state index contributed by atoms with van der Waals surface area (Å²) in [4.78, 5) is 3.89. The summed E-state index contributed by atoms with van der Waals surface area (Å²) in [5, 5.41) is 7.23. The molecular formula is C10H19N5O2S. The number of rotatable bonds is 7.